The zero-order valence-electron chi connectivity index (χ0n) is 16.9. The maximum Gasteiger partial charge on any atom is 0.356 e. The van der Waals surface area contributed by atoms with Crippen LogP contribution in [0.25, 0.3) is 11.9 Å². The fourth-order valence-corrected chi connectivity index (χ4v) is 4.44. The van der Waals surface area contributed by atoms with Gasteiger partial charge < -0.3 is 9.64 Å². The molecule has 150 valence electrons. The lowest BCUT2D eigenvalue weighted by molar-refractivity contribution is -0.0219. The Labute approximate surface area is 164 Å². The number of hydrogen-bond donors (Lipinski definition) is 0. The molecule has 1 aromatic carbocycles. The Hall–Kier alpha value is -2.54. The smallest absolute Gasteiger partial charge is 0.356 e. The Morgan fingerprint density at radius 3 is 2.25 bits per heavy atom. The van der Waals surface area contributed by atoms with Crippen LogP contribution in [0.15, 0.2) is 45.6 Å². The number of fused-ring (bicyclic) bond motifs is 1. The minimum atomic E-state index is -0.326. The molecule has 2 aliphatic heterocycles. The maximum absolute atomic E-state index is 13.2. The van der Waals surface area contributed by atoms with Crippen molar-refractivity contribution in [2.45, 2.75) is 52.2 Å². The number of ether oxygens (including phenoxy) is 1. The highest BCUT2D eigenvalue weighted by molar-refractivity contribution is 5.36. The summed E-state index contributed by atoms with van der Waals surface area (Å²) in [6.45, 7) is 9.81. The van der Waals surface area contributed by atoms with Gasteiger partial charge in [-0.3, -0.25) is 0 Å². The van der Waals surface area contributed by atoms with Crippen molar-refractivity contribution in [1.29, 1.82) is 0 Å². The lowest BCUT2D eigenvalue weighted by atomic mass is 9.96. The second-order valence-corrected chi connectivity index (χ2v) is 8.20. The van der Waals surface area contributed by atoms with Crippen molar-refractivity contribution < 1.29 is 4.74 Å². The Kier molecular flexibility index (Phi) is 4.79. The van der Waals surface area contributed by atoms with Crippen molar-refractivity contribution in [2.24, 2.45) is 5.92 Å². The van der Waals surface area contributed by atoms with E-state index in [0.717, 1.165) is 12.1 Å². The Balaban J connectivity index is 1.90. The Morgan fingerprint density at radius 1 is 1.00 bits per heavy atom. The monoisotopic (exact) mass is 384 g/mol. The number of nitrogens with zero attached hydrogens (tertiary/aromatic N) is 4. The SMILES string of the molecule is CC(C)[C@H]1CC(N2[C@@H](C)COC[C@@H]2C)=Cn2c(=O)n(-c3ccccc3)c(=O)n21. The molecule has 0 amide bonds. The summed E-state index contributed by atoms with van der Waals surface area (Å²) < 4.78 is 10.1. The van der Waals surface area contributed by atoms with E-state index in [1.165, 1.54) is 9.25 Å². The van der Waals surface area contributed by atoms with E-state index >= 15 is 0 Å². The van der Waals surface area contributed by atoms with Crippen LogP contribution in [0.2, 0.25) is 0 Å². The van der Waals surface area contributed by atoms with E-state index < -0.39 is 0 Å². The van der Waals surface area contributed by atoms with Gasteiger partial charge in [0.2, 0.25) is 0 Å². The molecule has 7 nitrogen and oxygen atoms in total. The summed E-state index contributed by atoms with van der Waals surface area (Å²) in [6, 6.07) is 9.50. The minimum Gasteiger partial charge on any atom is -0.377 e. The number of hydrogen-bond acceptors (Lipinski definition) is 4. The number of rotatable bonds is 3. The minimum absolute atomic E-state index is 0.0765. The van der Waals surface area contributed by atoms with Gasteiger partial charge >= 0.3 is 11.4 Å². The summed E-state index contributed by atoms with van der Waals surface area (Å²) in [6.07, 6.45) is 2.57. The number of benzene rings is 1. The summed E-state index contributed by atoms with van der Waals surface area (Å²) in [5.74, 6) is 0.213. The van der Waals surface area contributed by atoms with Crippen molar-refractivity contribution in [1.82, 2.24) is 18.8 Å². The second kappa shape index (κ2) is 7.13. The first-order valence-corrected chi connectivity index (χ1v) is 9.98. The van der Waals surface area contributed by atoms with Gasteiger partial charge in [-0.15, -0.1) is 0 Å². The normalized spacial score (nSPS) is 25.0. The molecule has 3 atom stereocenters. The van der Waals surface area contributed by atoms with Gasteiger partial charge in [-0.25, -0.2) is 23.5 Å². The number of aromatic nitrogens is 3. The molecular formula is C21H28N4O3. The van der Waals surface area contributed by atoms with Crippen LogP contribution in [0.1, 0.15) is 40.2 Å². The molecule has 3 heterocycles. The van der Waals surface area contributed by atoms with Gasteiger partial charge in [0.15, 0.2) is 0 Å². The zero-order chi connectivity index (χ0) is 20.0. The van der Waals surface area contributed by atoms with E-state index in [1.54, 1.807) is 16.8 Å². The average molecular weight is 384 g/mol. The molecule has 1 fully saturated rings. The van der Waals surface area contributed by atoms with Crippen LogP contribution in [0, 0.1) is 5.92 Å². The van der Waals surface area contributed by atoms with Crippen molar-refractivity contribution in [3.8, 4) is 5.69 Å². The summed E-state index contributed by atoms with van der Waals surface area (Å²) in [4.78, 5) is 28.8. The van der Waals surface area contributed by atoms with Crippen LogP contribution in [-0.2, 0) is 4.74 Å². The van der Waals surface area contributed by atoms with E-state index in [4.69, 9.17) is 4.74 Å². The molecule has 0 bridgehead atoms. The van der Waals surface area contributed by atoms with Gasteiger partial charge in [-0.1, -0.05) is 32.0 Å². The van der Waals surface area contributed by atoms with Crippen molar-refractivity contribution in [2.75, 3.05) is 13.2 Å². The molecule has 0 radical (unpaired) electrons. The molecule has 0 N–H and O–H groups in total. The molecule has 2 aliphatic rings. The van der Waals surface area contributed by atoms with Crippen LogP contribution in [0.3, 0.4) is 0 Å². The predicted molar refractivity (Wildman–Crippen MR) is 109 cm³/mol. The van der Waals surface area contributed by atoms with Gasteiger partial charge in [-0.2, -0.15) is 0 Å². The van der Waals surface area contributed by atoms with Gasteiger partial charge in [0.1, 0.15) is 0 Å². The van der Waals surface area contributed by atoms with E-state index in [9.17, 15) is 9.59 Å². The number of para-hydroxylation sites is 1. The van der Waals surface area contributed by atoms with E-state index in [1.807, 2.05) is 24.4 Å². The number of allylic oxidation sites excluding steroid dienone is 1. The van der Waals surface area contributed by atoms with Gasteiger partial charge in [0, 0.05) is 24.2 Å². The lowest BCUT2D eigenvalue weighted by Crippen LogP contribution is -2.50. The third kappa shape index (κ3) is 2.94. The van der Waals surface area contributed by atoms with Gasteiger partial charge in [-0.05, 0) is 31.9 Å². The lowest BCUT2D eigenvalue weighted by Gasteiger charge is -2.44. The standard InChI is InChI=1S/C21H28N4O3/c1-14(2)19-10-18(23-15(3)12-28-13-16(23)4)11-22-20(26)24(21(27)25(19)22)17-8-6-5-7-9-17/h5-9,11,14-16,19H,10,12-13H2,1-4H3/t15-,16-,19+/m0/s1. The summed E-state index contributed by atoms with van der Waals surface area (Å²) in [7, 11) is 0. The molecular weight excluding hydrogens is 356 g/mol. The van der Waals surface area contributed by atoms with E-state index in [-0.39, 0.29) is 35.4 Å². The largest absolute Gasteiger partial charge is 0.377 e. The van der Waals surface area contributed by atoms with Crippen LogP contribution in [0.4, 0.5) is 0 Å². The maximum atomic E-state index is 13.2. The molecule has 4 rings (SSSR count). The topological polar surface area (TPSA) is 61.4 Å². The number of morpholine rings is 1. The predicted octanol–water partition coefficient (Wildman–Crippen LogP) is 2.31. The van der Waals surface area contributed by atoms with Gasteiger partial charge in [0.25, 0.3) is 0 Å². The van der Waals surface area contributed by atoms with Crippen molar-refractivity contribution in [3.63, 3.8) is 0 Å². The van der Waals surface area contributed by atoms with Crippen LogP contribution in [0.5, 0.6) is 0 Å². The summed E-state index contributed by atoms with van der Waals surface area (Å²) in [5.41, 5.74) is 1.08. The highest BCUT2D eigenvalue weighted by atomic mass is 16.5. The highest BCUT2D eigenvalue weighted by Gasteiger charge is 2.35. The molecule has 0 spiro atoms. The molecule has 1 aromatic heterocycles. The summed E-state index contributed by atoms with van der Waals surface area (Å²) >= 11 is 0. The molecule has 28 heavy (non-hydrogen) atoms. The summed E-state index contributed by atoms with van der Waals surface area (Å²) in [5, 5.41) is 0. The highest BCUT2D eigenvalue weighted by Crippen LogP contribution is 2.33. The molecule has 0 aliphatic carbocycles. The fraction of sp³-hybridized carbons (Fsp3) is 0.524. The molecule has 2 aromatic rings. The van der Waals surface area contributed by atoms with Crippen molar-refractivity contribution >= 4 is 6.20 Å². The first kappa shape index (κ1) is 18.8. The van der Waals surface area contributed by atoms with Crippen LogP contribution >= 0.6 is 0 Å². The third-order valence-corrected chi connectivity index (χ3v) is 5.79. The molecule has 0 saturated carbocycles. The molecule has 7 heteroatoms. The van der Waals surface area contributed by atoms with Gasteiger partial charge in [0.05, 0.1) is 31.1 Å². The third-order valence-electron chi connectivity index (χ3n) is 5.79. The molecule has 0 unspecified atom stereocenters. The van der Waals surface area contributed by atoms with Crippen molar-refractivity contribution in [3.05, 3.63) is 57.0 Å². The van der Waals surface area contributed by atoms with E-state index in [2.05, 4.69) is 32.6 Å². The zero-order valence-corrected chi connectivity index (χ0v) is 16.9. The first-order valence-electron chi connectivity index (χ1n) is 9.98. The average Bonchev–Trinajstić information content (AvgIpc) is 2.92. The Bertz CT molecular complexity index is 989. The Morgan fingerprint density at radius 2 is 1.64 bits per heavy atom. The molecule has 1 saturated heterocycles. The fourth-order valence-electron chi connectivity index (χ4n) is 4.44. The van der Waals surface area contributed by atoms with Crippen LogP contribution < -0.4 is 11.4 Å². The van der Waals surface area contributed by atoms with E-state index in [0.29, 0.717) is 18.9 Å². The second-order valence-electron chi connectivity index (χ2n) is 8.20. The van der Waals surface area contributed by atoms with Crippen LogP contribution in [-0.4, -0.2) is 44.1 Å². The quantitative estimate of drug-likeness (QED) is 0.815. The first-order chi connectivity index (χ1) is 13.4.